The van der Waals surface area contributed by atoms with Crippen molar-refractivity contribution in [2.45, 2.75) is 19.8 Å². The summed E-state index contributed by atoms with van der Waals surface area (Å²) in [5, 5.41) is 9.85. The summed E-state index contributed by atoms with van der Waals surface area (Å²) in [5.41, 5.74) is 6.86. The molecule has 0 fully saturated rings. The van der Waals surface area contributed by atoms with Crippen LogP contribution in [0.3, 0.4) is 0 Å². The highest BCUT2D eigenvalue weighted by molar-refractivity contribution is 7.14. The van der Waals surface area contributed by atoms with Crippen LogP contribution in [0, 0.1) is 12.7 Å². The van der Waals surface area contributed by atoms with E-state index in [1.807, 2.05) is 6.07 Å². The van der Waals surface area contributed by atoms with Crippen molar-refractivity contribution in [2.75, 3.05) is 6.54 Å². The molecule has 5 heteroatoms. The van der Waals surface area contributed by atoms with Gasteiger partial charge in [0.15, 0.2) is 0 Å². The van der Waals surface area contributed by atoms with Crippen LogP contribution in [0.25, 0.3) is 10.6 Å². The third-order valence-corrected chi connectivity index (χ3v) is 3.51. The van der Waals surface area contributed by atoms with Gasteiger partial charge in [-0.1, -0.05) is 23.5 Å². The van der Waals surface area contributed by atoms with Crippen LogP contribution in [-0.2, 0) is 6.42 Å². The molecule has 3 nitrogen and oxygen atoms in total. The topological polar surface area (TPSA) is 51.8 Å². The molecule has 0 spiro atoms. The Bertz CT molecular complexity index is 510. The zero-order valence-electron chi connectivity index (χ0n) is 9.61. The fourth-order valence-corrected chi connectivity index (χ4v) is 2.33. The van der Waals surface area contributed by atoms with Crippen molar-refractivity contribution >= 4 is 11.3 Å². The number of aryl methyl sites for hydroxylation is 2. The SMILES string of the molecule is Cc1ccc(-c2nnc(CCCN)s2)cc1F. The molecule has 0 aliphatic rings. The summed E-state index contributed by atoms with van der Waals surface area (Å²) in [6.07, 6.45) is 1.74. The Morgan fingerprint density at radius 3 is 2.88 bits per heavy atom. The Balaban J connectivity index is 2.21. The molecule has 2 rings (SSSR count). The van der Waals surface area contributed by atoms with Crippen molar-refractivity contribution < 1.29 is 4.39 Å². The molecule has 90 valence electrons. The van der Waals surface area contributed by atoms with Gasteiger partial charge in [-0.05, 0) is 31.5 Å². The maximum Gasteiger partial charge on any atom is 0.147 e. The van der Waals surface area contributed by atoms with Crippen molar-refractivity contribution in [1.82, 2.24) is 10.2 Å². The highest BCUT2D eigenvalue weighted by atomic mass is 32.1. The van der Waals surface area contributed by atoms with Gasteiger partial charge in [-0.3, -0.25) is 0 Å². The monoisotopic (exact) mass is 251 g/mol. The largest absolute Gasteiger partial charge is 0.330 e. The summed E-state index contributed by atoms with van der Waals surface area (Å²) in [6, 6.07) is 5.12. The zero-order valence-corrected chi connectivity index (χ0v) is 10.4. The molecule has 0 saturated carbocycles. The molecule has 2 N–H and O–H groups in total. The first-order chi connectivity index (χ1) is 8.20. The zero-order chi connectivity index (χ0) is 12.3. The van der Waals surface area contributed by atoms with Gasteiger partial charge in [0, 0.05) is 12.0 Å². The maximum absolute atomic E-state index is 13.4. The molecule has 17 heavy (non-hydrogen) atoms. The van der Waals surface area contributed by atoms with Gasteiger partial charge in [0.2, 0.25) is 0 Å². The van der Waals surface area contributed by atoms with Gasteiger partial charge >= 0.3 is 0 Å². The van der Waals surface area contributed by atoms with E-state index in [0.29, 0.717) is 12.1 Å². The first-order valence-corrected chi connectivity index (χ1v) is 6.31. The van der Waals surface area contributed by atoms with E-state index in [9.17, 15) is 4.39 Å². The molecular formula is C12H14FN3S. The second kappa shape index (κ2) is 5.33. The first-order valence-electron chi connectivity index (χ1n) is 5.49. The summed E-state index contributed by atoms with van der Waals surface area (Å²) < 4.78 is 13.4. The van der Waals surface area contributed by atoms with Gasteiger partial charge in [0.25, 0.3) is 0 Å². The molecule has 0 atom stereocenters. The smallest absolute Gasteiger partial charge is 0.147 e. The fourth-order valence-electron chi connectivity index (χ4n) is 1.45. The van der Waals surface area contributed by atoms with Crippen molar-refractivity contribution in [3.05, 3.63) is 34.6 Å². The number of hydrogen-bond donors (Lipinski definition) is 1. The van der Waals surface area contributed by atoms with Crippen LogP contribution in [0.1, 0.15) is 17.0 Å². The minimum Gasteiger partial charge on any atom is -0.330 e. The van der Waals surface area contributed by atoms with E-state index in [2.05, 4.69) is 10.2 Å². The molecule has 0 saturated heterocycles. The van der Waals surface area contributed by atoms with Crippen LogP contribution < -0.4 is 5.73 Å². The van der Waals surface area contributed by atoms with Crippen LogP contribution in [0.5, 0.6) is 0 Å². The lowest BCUT2D eigenvalue weighted by Gasteiger charge is -1.98. The van der Waals surface area contributed by atoms with Crippen LogP contribution in [0.2, 0.25) is 0 Å². The molecule has 0 aliphatic heterocycles. The molecule has 0 radical (unpaired) electrons. The average Bonchev–Trinajstić information content (AvgIpc) is 2.79. The lowest BCUT2D eigenvalue weighted by molar-refractivity contribution is 0.619. The standard InChI is InChI=1S/C12H14FN3S/c1-8-4-5-9(7-10(8)13)12-16-15-11(17-12)3-2-6-14/h4-5,7H,2-3,6,14H2,1H3. The predicted octanol–water partition coefficient (Wildman–Crippen LogP) is 2.54. The lowest BCUT2D eigenvalue weighted by atomic mass is 10.1. The van der Waals surface area contributed by atoms with E-state index >= 15 is 0 Å². The number of rotatable bonds is 4. The molecule has 0 amide bonds. The maximum atomic E-state index is 13.4. The molecule has 0 aliphatic carbocycles. The van der Waals surface area contributed by atoms with E-state index < -0.39 is 0 Å². The predicted molar refractivity (Wildman–Crippen MR) is 67.4 cm³/mol. The number of benzene rings is 1. The van der Waals surface area contributed by atoms with E-state index in [-0.39, 0.29) is 5.82 Å². The number of nitrogens with two attached hydrogens (primary N) is 1. The second-order valence-corrected chi connectivity index (χ2v) is 4.92. The molecule has 0 unspecified atom stereocenters. The van der Waals surface area contributed by atoms with Gasteiger partial charge in [-0.25, -0.2) is 4.39 Å². The van der Waals surface area contributed by atoms with Crippen molar-refractivity contribution in [3.8, 4) is 10.6 Å². The number of aromatic nitrogens is 2. The Kier molecular flexibility index (Phi) is 3.81. The summed E-state index contributed by atoms with van der Waals surface area (Å²) in [4.78, 5) is 0. The highest BCUT2D eigenvalue weighted by Crippen LogP contribution is 2.25. The molecule has 1 heterocycles. The molecule has 1 aromatic heterocycles. The summed E-state index contributed by atoms with van der Waals surface area (Å²) >= 11 is 1.50. The third-order valence-electron chi connectivity index (χ3n) is 2.48. The van der Waals surface area contributed by atoms with Crippen LogP contribution in [-0.4, -0.2) is 16.7 Å². The number of halogens is 1. The van der Waals surface area contributed by atoms with Gasteiger partial charge < -0.3 is 5.73 Å². The van der Waals surface area contributed by atoms with Crippen molar-refractivity contribution in [2.24, 2.45) is 5.73 Å². The minimum atomic E-state index is -0.207. The van der Waals surface area contributed by atoms with Crippen molar-refractivity contribution in [1.29, 1.82) is 0 Å². The fraction of sp³-hybridized carbons (Fsp3) is 0.333. The normalized spacial score (nSPS) is 10.8. The number of hydrogen-bond acceptors (Lipinski definition) is 4. The van der Waals surface area contributed by atoms with E-state index in [4.69, 9.17) is 5.73 Å². The second-order valence-electron chi connectivity index (χ2n) is 3.86. The molecule has 2 aromatic rings. The molecular weight excluding hydrogens is 237 g/mol. The van der Waals surface area contributed by atoms with Crippen LogP contribution >= 0.6 is 11.3 Å². The van der Waals surface area contributed by atoms with E-state index in [0.717, 1.165) is 28.4 Å². The van der Waals surface area contributed by atoms with Gasteiger partial charge in [0.1, 0.15) is 15.8 Å². The van der Waals surface area contributed by atoms with E-state index in [1.54, 1.807) is 13.0 Å². The highest BCUT2D eigenvalue weighted by Gasteiger charge is 2.08. The Morgan fingerprint density at radius 2 is 2.18 bits per heavy atom. The third kappa shape index (κ3) is 2.87. The minimum absolute atomic E-state index is 0.207. The Morgan fingerprint density at radius 1 is 1.35 bits per heavy atom. The average molecular weight is 251 g/mol. The number of nitrogens with zero attached hydrogens (tertiary/aromatic N) is 2. The lowest BCUT2D eigenvalue weighted by Crippen LogP contribution is -1.99. The van der Waals surface area contributed by atoms with Gasteiger partial charge in [-0.2, -0.15) is 0 Å². The molecule has 0 bridgehead atoms. The Hall–Kier alpha value is -1.33. The van der Waals surface area contributed by atoms with Crippen molar-refractivity contribution in [3.63, 3.8) is 0 Å². The van der Waals surface area contributed by atoms with Gasteiger partial charge in [0.05, 0.1) is 0 Å². The van der Waals surface area contributed by atoms with E-state index in [1.165, 1.54) is 17.4 Å². The summed E-state index contributed by atoms with van der Waals surface area (Å²) in [6.45, 7) is 2.39. The van der Waals surface area contributed by atoms with Crippen LogP contribution in [0.4, 0.5) is 4.39 Å². The Labute approximate surface area is 104 Å². The first kappa shape index (κ1) is 12.1. The van der Waals surface area contributed by atoms with Crippen LogP contribution in [0.15, 0.2) is 18.2 Å². The molecule has 1 aromatic carbocycles. The van der Waals surface area contributed by atoms with Gasteiger partial charge in [-0.15, -0.1) is 10.2 Å². The quantitative estimate of drug-likeness (QED) is 0.908. The summed E-state index contributed by atoms with van der Waals surface area (Å²) in [7, 11) is 0. The summed E-state index contributed by atoms with van der Waals surface area (Å²) in [5.74, 6) is -0.207.